The summed E-state index contributed by atoms with van der Waals surface area (Å²) in [5.41, 5.74) is 7.42. The van der Waals surface area contributed by atoms with E-state index in [0.29, 0.717) is 10.8 Å². The lowest BCUT2D eigenvalue weighted by Gasteiger charge is -2.06. The molecule has 22 heavy (non-hydrogen) atoms. The summed E-state index contributed by atoms with van der Waals surface area (Å²) in [6.45, 7) is 2.03. The largest absolute Gasteiger partial charge is 0.369 e. The molecular weight excluding hydrogens is 336 g/mol. The molecule has 2 N–H and O–H groups in total. The summed E-state index contributed by atoms with van der Waals surface area (Å²) in [4.78, 5) is 10.7. The third-order valence-electron chi connectivity index (χ3n) is 2.65. The van der Waals surface area contributed by atoms with Crippen LogP contribution in [0.2, 0.25) is 0 Å². The molecule has 5 nitrogen and oxygen atoms in total. The molecule has 0 aliphatic rings. The number of aryl methyl sites for hydroxylation is 1. The molecule has 1 amide bonds. The third kappa shape index (κ3) is 5.33. The monoisotopic (exact) mass is 350 g/mol. The van der Waals surface area contributed by atoms with Gasteiger partial charge in [0.25, 0.3) is 0 Å². The van der Waals surface area contributed by atoms with Gasteiger partial charge in [-0.3, -0.25) is 4.79 Å². The van der Waals surface area contributed by atoms with E-state index in [0.717, 1.165) is 9.90 Å². The van der Waals surface area contributed by atoms with Crippen molar-refractivity contribution in [1.29, 1.82) is 5.26 Å². The van der Waals surface area contributed by atoms with Gasteiger partial charge in [0, 0.05) is 0 Å². The maximum atomic E-state index is 10.7. The van der Waals surface area contributed by atoms with Crippen LogP contribution in [0.3, 0.4) is 0 Å². The molecule has 1 atom stereocenters. The standard InChI is InChI=1S/C14H14N4OS3/c1-9-2-4-10(5-3-9)6-11(7-15)21-14-18-17-13(22-14)20-8-12(16)19/h2-5,11H,6,8H2,1H3,(H2,16,19)/t11-/m1/s1. The Morgan fingerprint density at radius 2 is 2.05 bits per heavy atom. The minimum Gasteiger partial charge on any atom is -0.369 e. The first kappa shape index (κ1) is 16.8. The van der Waals surface area contributed by atoms with Crippen LogP contribution in [0, 0.1) is 18.3 Å². The molecule has 0 aliphatic heterocycles. The molecule has 0 aliphatic carbocycles. The minimum atomic E-state index is -0.385. The van der Waals surface area contributed by atoms with Crippen molar-refractivity contribution in [3.63, 3.8) is 0 Å². The van der Waals surface area contributed by atoms with Crippen molar-refractivity contribution < 1.29 is 4.79 Å². The normalized spacial score (nSPS) is 11.8. The van der Waals surface area contributed by atoms with Gasteiger partial charge in [0.1, 0.15) is 5.25 Å². The molecule has 0 radical (unpaired) electrons. The molecule has 0 bridgehead atoms. The fourth-order valence-corrected chi connectivity index (χ4v) is 4.53. The van der Waals surface area contributed by atoms with Gasteiger partial charge in [0.2, 0.25) is 5.91 Å². The lowest BCUT2D eigenvalue weighted by Crippen LogP contribution is -2.12. The van der Waals surface area contributed by atoms with Gasteiger partial charge in [0.05, 0.1) is 11.8 Å². The van der Waals surface area contributed by atoms with E-state index in [1.54, 1.807) is 0 Å². The fourth-order valence-electron chi connectivity index (χ4n) is 1.61. The minimum absolute atomic E-state index is 0.185. The second-order valence-corrected chi connectivity index (χ2v) is 8.16. The van der Waals surface area contributed by atoms with E-state index in [4.69, 9.17) is 5.73 Å². The molecule has 114 valence electrons. The molecule has 0 saturated heterocycles. The molecule has 0 unspecified atom stereocenters. The van der Waals surface area contributed by atoms with Crippen molar-refractivity contribution >= 4 is 40.8 Å². The van der Waals surface area contributed by atoms with E-state index < -0.39 is 0 Å². The van der Waals surface area contributed by atoms with Crippen LogP contribution in [0.25, 0.3) is 0 Å². The average Bonchev–Trinajstić information content (AvgIpc) is 2.94. The van der Waals surface area contributed by atoms with Crippen LogP contribution in [-0.2, 0) is 11.2 Å². The van der Waals surface area contributed by atoms with E-state index in [-0.39, 0.29) is 16.9 Å². The molecule has 1 aromatic heterocycles. The number of carbonyl (C=O) groups is 1. The van der Waals surface area contributed by atoms with E-state index in [1.807, 2.05) is 31.2 Å². The van der Waals surface area contributed by atoms with Gasteiger partial charge in [-0.25, -0.2) is 0 Å². The van der Waals surface area contributed by atoms with Crippen LogP contribution >= 0.6 is 34.9 Å². The second kappa shape index (κ2) is 8.17. The Morgan fingerprint density at radius 1 is 1.36 bits per heavy atom. The van der Waals surface area contributed by atoms with Gasteiger partial charge in [-0.1, -0.05) is 64.7 Å². The predicted molar refractivity (Wildman–Crippen MR) is 90.0 cm³/mol. The van der Waals surface area contributed by atoms with Crippen molar-refractivity contribution in [3.05, 3.63) is 35.4 Å². The number of nitriles is 1. The Labute approximate surface area is 141 Å². The zero-order valence-corrected chi connectivity index (χ0v) is 14.3. The van der Waals surface area contributed by atoms with Crippen LogP contribution in [0.1, 0.15) is 11.1 Å². The third-order valence-corrected chi connectivity index (χ3v) is 5.91. The van der Waals surface area contributed by atoms with Gasteiger partial charge in [0.15, 0.2) is 8.68 Å². The summed E-state index contributed by atoms with van der Waals surface area (Å²) in [5, 5.41) is 17.1. The molecule has 2 aromatic rings. The number of amides is 1. The molecule has 0 fully saturated rings. The first-order chi connectivity index (χ1) is 10.6. The molecular formula is C14H14N4OS3. The van der Waals surface area contributed by atoms with Crippen molar-refractivity contribution in [2.75, 3.05) is 5.75 Å². The molecule has 8 heteroatoms. The Balaban J connectivity index is 1.94. The van der Waals surface area contributed by atoms with Gasteiger partial charge in [-0.2, -0.15) is 5.26 Å². The summed E-state index contributed by atoms with van der Waals surface area (Å²) in [6, 6.07) is 10.4. The van der Waals surface area contributed by atoms with Crippen molar-refractivity contribution in [3.8, 4) is 6.07 Å². The predicted octanol–water partition coefficient (Wildman–Crippen LogP) is 2.65. The Bertz CT molecular complexity index is 678. The number of nitrogens with two attached hydrogens (primary N) is 1. The SMILES string of the molecule is Cc1ccc(C[C@H](C#N)Sc2nnc(SCC(N)=O)s2)cc1. The van der Waals surface area contributed by atoms with Gasteiger partial charge >= 0.3 is 0 Å². The topological polar surface area (TPSA) is 92.7 Å². The first-order valence-electron chi connectivity index (χ1n) is 6.43. The smallest absolute Gasteiger partial charge is 0.227 e. The Kier molecular flexibility index (Phi) is 6.24. The number of carbonyl (C=O) groups excluding carboxylic acids is 1. The number of benzene rings is 1. The van der Waals surface area contributed by atoms with Gasteiger partial charge in [-0.15, -0.1) is 10.2 Å². The average molecular weight is 350 g/mol. The lowest BCUT2D eigenvalue weighted by molar-refractivity contribution is -0.115. The number of rotatable bonds is 7. The highest BCUT2D eigenvalue weighted by Crippen LogP contribution is 2.32. The highest BCUT2D eigenvalue weighted by atomic mass is 32.2. The first-order valence-corrected chi connectivity index (χ1v) is 9.11. The highest BCUT2D eigenvalue weighted by molar-refractivity contribution is 8.03. The zero-order chi connectivity index (χ0) is 15.9. The van der Waals surface area contributed by atoms with E-state index in [2.05, 4.69) is 16.3 Å². The zero-order valence-electron chi connectivity index (χ0n) is 11.9. The van der Waals surface area contributed by atoms with Crippen LogP contribution in [-0.4, -0.2) is 27.1 Å². The lowest BCUT2D eigenvalue weighted by atomic mass is 10.1. The fraction of sp³-hybridized carbons (Fsp3) is 0.286. The number of aromatic nitrogens is 2. The van der Waals surface area contributed by atoms with E-state index in [9.17, 15) is 10.1 Å². The maximum absolute atomic E-state index is 10.7. The summed E-state index contributed by atoms with van der Waals surface area (Å²) in [6.07, 6.45) is 0.658. The number of hydrogen-bond acceptors (Lipinski definition) is 7. The molecule has 1 aromatic carbocycles. The summed E-state index contributed by atoms with van der Waals surface area (Å²) in [5.74, 6) is -0.201. The van der Waals surface area contributed by atoms with Crippen LogP contribution in [0.15, 0.2) is 32.9 Å². The van der Waals surface area contributed by atoms with E-state index in [1.165, 1.54) is 40.4 Å². The quantitative estimate of drug-likeness (QED) is 0.772. The molecule has 2 rings (SSSR count). The number of thioether (sulfide) groups is 2. The molecule has 0 spiro atoms. The van der Waals surface area contributed by atoms with Crippen molar-refractivity contribution in [1.82, 2.24) is 10.2 Å². The molecule has 1 heterocycles. The van der Waals surface area contributed by atoms with Gasteiger partial charge in [-0.05, 0) is 18.9 Å². The van der Waals surface area contributed by atoms with E-state index >= 15 is 0 Å². The summed E-state index contributed by atoms with van der Waals surface area (Å²) < 4.78 is 1.42. The highest BCUT2D eigenvalue weighted by Gasteiger charge is 2.15. The Morgan fingerprint density at radius 3 is 2.68 bits per heavy atom. The second-order valence-electron chi connectivity index (χ2n) is 4.51. The van der Waals surface area contributed by atoms with Gasteiger partial charge < -0.3 is 5.73 Å². The number of hydrogen-bond donors (Lipinski definition) is 1. The van der Waals surface area contributed by atoms with Crippen LogP contribution < -0.4 is 5.73 Å². The summed E-state index contributed by atoms with van der Waals surface area (Å²) in [7, 11) is 0. The van der Waals surface area contributed by atoms with Crippen molar-refractivity contribution in [2.24, 2.45) is 5.73 Å². The Hall–Kier alpha value is -1.56. The maximum Gasteiger partial charge on any atom is 0.227 e. The van der Waals surface area contributed by atoms with Crippen LogP contribution in [0.5, 0.6) is 0 Å². The number of primary amides is 1. The number of nitrogens with zero attached hydrogens (tertiary/aromatic N) is 3. The molecule has 0 saturated carbocycles. The summed E-state index contributed by atoms with van der Waals surface area (Å²) >= 11 is 4.04. The van der Waals surface area contributed by atoms with Crippen LogP contribution in [0.4, 0.5) is 0 Å². The van der Waals surface area contributed by atoms with Crippen molar-refractivity contribution in [2.45, 2.75) is 27.3 Å².